The molecule has 0 aliphatic heterocycles. The van der Waals surface area contributed by atoms with Gasteiger partial charge in [-0.2, -0.15) is 13.2 Å². The van der Waals surface area contributed by atoms with Crippen molar-refractivity contribution >= 4 is 33.5 Å². The molecule has 0 unspecified atom stereocenters. The molecule has 0 aliphatic rings. The Labute approximate surface area is 197 Å². The van der Waals surface area contributed by atoms with Gasteiger partial charge < -0.3 is 4.57 Å². The van der Waals surface area contributed by atoms with Crippen molar-refractivity contribution in [3.05, 3.63) is 111 Å². The van der Waals surface area contributed by atoms with Gasteiger partial charge in [-0.3, -0.25) is 9.36 Å². The average Bonchev–Trinajstić information content (AvgIpc) is 3.10. The molecule has 0 saturated carbocycles. The molecular formula is C26H19ClF3N3O. The maximum atomic E-state index is 13.6. The minimum absolute atomic E-state index is 0.0972. The summed E-state index contributed by atoms with van der Waals surface area (Å²) in [7, 11) is 0. The van der Waals surface area contributed by atoms with Gasteiger partial charge in [-0.15, -0.1) is 0 Å². The summed E-state index contributed by atoms with van der Waals surface area (Å²) < 4.78 is 43.0. The monoisotopic (exact) mass is 481 g/mol. The first-order valence-electron chi connectivity index (χ1n) is 10.6. The molecule has 0 N–H and O–H groups in total. The minimum atomic E-state index is -4.45. The van der Waals surface area contributed by atoms with Crippen molar-refractivity contribution in [2.24, 2.45) is 0 Å². The Hall–Kier alpha value is -3.58. The zero-order valence-electron chi connectivity index (χ0n) is 18.1. The maximum absolute atomic E-state index is 13.6. The topological polar surface area (TPSA) is 39.8 Å². The second kappa shape index (κ2) is 8.33. The zero-order chi connectivity index (χ0) is 24.0. The summed E-state index contributed by atoms with van der Waals surface area (Å²) in [5, 5.41) is 1.32. The van der Waals surface area contributed by atoms with E-state index in [0.717, 1.165) is 34.2 Å². The molecule has 0 aliphatic carbocycles. The minimum Gasteiger partial charge on any atom is -0.330 e. The van der Waals surface area contributed by atoms with E-state index < -0.39 is 11.7 Å². The van der Waals surface area contributed by atoms with Crippen LogP contribution >= 0.6 is 11.6 Å². The first kappa shape index (κ1) is 22.2. The van der Waals surface area contributed by atoms with Crippen LogP contribution < -0.4 is 5.56 Å². The van der Waals surface area contributed by atoms with Crippen molar-refractivity contribution in [1.82, 2.24) is 14.1 Å². The van der Waals surface area contributed by atoms with E-state index in [9.17, 15) is 18.0 Å². The van der Waals surface area contributed by atoms with Crippen molar-refractivity contribution < 1.29 is 13.2 Å². The fourth-order valence-corrected chi connectivity index (χ4v) is 4.43. The highest BCUT2D eigenvalue weighted by Crippen LogP contribution is 2.31. The number of hydrogen-bond donors (Lipinski definition) is 0. The van der Waals surface area contributed by atoms with Crippen LogP contribution in [0.5, 0.6) is 0 Å². The SMILES string of the molecule is Cc1ccc2c(c1)c1ncn(Cc3ccccc3Cl)c(=O)c1n2Cc1cccc(C(F)(F)F)c1. The van der Waals surface area contributed by atoms with Gasteiger partial charge >= 0.3 is 6.18 Å². The third kappa shape index (κ3) is 3.96. The number of benzene rings is 3. The molecule has 0 bridgehead atoms. The number of nitrogens with zero attached hydrogens (tertiary/aromatic N) is 3. The van der Waals surface area contributed by atoms with E-state index in [0.29, 0.717) is 21.6 Å². The van der Waals surface area contributed by atoms with Crippen molar-refractivity contribution in [2.45, 2.75) is 26.2 Å². The van der Waals surface area contributed by atoms with Crippen molar-refractivity contribution in [3.8, 4) is 0 Å². The van der Waals surface area contributed by atoms with E-state index in [1.54, 1.807) is 16.7 Å². The molecule has 3 aromatic carbocycles. The molecule has 0 spiro atoms. The van der Waals surface area contributed by atoms with E-state index in [-0.39, 0.29) is 18.6 Å². The molecule has 2 heterocycles. The van der Waals surface area contributed by atoms with Gasteiger partial charge in [0.15, 0.2) is 0 Å². The molecule has 0 fully saturated rings. The van der Waals surface area contributed by atoms with Crippen LogP contribution in [0.15, 0.2) is 77.9 Å². The molecule has 5 aromatic rings. The number of rotatable bonds is 4. The number of alkyl halides is 3. The van der Waals surface area contributed by atoms with Gasteiger partial charge in [0.25, 0.3) is 5.56 Å². The highest BCUT2D eigenvalue weighted by atomic mass is 35.5. The standard InChI is InChI=1S/C26H19ClF3N3O/c1-16-9-10-22-20(11-16)23-24(33(22)13-17-5-4-7-19(12-17)26(28,29)30)25(34)32(15-31-23)14-18-6-2-3-8-21(18)27/h2-12,15H,13-14H2,1H3. The van der Waals surface area contributed by atoms with Gasteiger partial charge in [0.1, 0.15) is 11.0 Å². The Morgan fingerprint density at radius 2 is 1.76 bits per heavy atom. The molecule has 2 aromatic heterocycles. The number of halogens is 4. The van der Waals surface area contributed by atoms with Gasteiger partial charge in [-0.1, -0.05) is 53.6 Å². The summed E-state index contributed by atoms with van der Waals surface area (Å²) >= 11 is 6.28. The van der Waals surface area contributed by atoms with E-state index >= 15 is 0 Å². The van der Waals surface area contributed by atoms with Crippen LogP contribution in [-0.4, -0.2) is 14.1 Å². The molecule has 4 nitrogen and oxygen atoms in total. The Morgan fingerprint density at radius 3 is 2.53 bits per heavy atom. The molecule has 172 valence electrons. The summed E-state index contributed by atoms with van der Waals surface area (Å²) in [5.74, 6) is 0. The quantitative estimate of drug-likeness (QED) is 0.297. The molecule has 34 heavy (non-hydrogen) atoms. The Bertz CT molecular complexity index is 1600. The Morgan fingerprint density at radius 1 is 0.971 bits per heavy atom. The Balaban J connectivity index is 1.71. The smallest absolute Gasteiger partial charge is 0.330 e. The van der Waals surface area contributed by atoms with Gasteiger partial charge in [-0.25, -0.2) is 4.98 Å². The molecule has 0 radical (unpaired) electrons. The largest absolute Gasteiger partial charge is 0.416 e. The van der Waals surface area contributed by atoms with E-state index in [1.165, 1.54) is 17.0 Å². The zero-order valence-corrected chi connectivity index (χ0v) is 18.9. The fraction of sp³-hybridized carbons (Fsp3) is 0.154. The van der Waals surface area contributed by atoms with Crippen LogP contribution in [0.3, 0.4) is 0 Å². The van der Waals surface area contributed by atoms with Crippen LogP contribution in [0, 0.1) is 6.92 Å². The lowest BCUT2D eigenvalue weighted by atomic mass is 10.1. The molecule has 8 heteroatoms. The number of aromatic nitrogens is 3. The van der Waals surface area contributed by atoms with Gasteiger partial charge in [0.05, 0.1) is 24.0 Å². The first-order chi connectivity index (χ1) is 16.2. The molecule has 0 amide bonds. The third-order valence-electron chi connectivity index (χ3n) is 5.88. The fourth-order valence-electron chi connectivity index (χ4n) is 4.23. The van der Waals surface area contributed by atoms with E-state index in [1.807, 2.05) is 43.3 Å². The number of aryl methyl sites for hydroxylation is 1. The van der Waals surface area contributed by atoms with Crippen molar-refractivity contribution in [1.29, 1.82) is 0 Å². The molecular weight excluding hydrogens is 463 g/mol. The summed E-state index contributed by atoms with van der Waals surface area (Å²) in [5.41, 5.74) is 2.78. The van der Waals surface area contributed by atoms with Gasteiger partial charge in [0, 0.05) is 17.0 Å². The lowest BCUT2D eigenvalue weighted by molar-refractivity contribution is -0.137. The van der Waals surface area contributed by atoms with Gasteiger partial charge in [-0.05, 0) is 48.4 Å². The molecule has 0 atom stereocenters. The lowest BCUT2D eigenvalue weighted by Crippen LogP contribution is -2.23. The van der Waals surface area contributed by atoms with E-state index in [4.69, 9.17) is 11.6 Å². The average molecular weight is 482 g/mol. The Kier molecular flexibility index (Phi) is 5.44. The van der Waals surface area contributed by atoms with Crippen molar-refractivity contribution in [3.63, 3.8) is 0 Å². The van der Waals surface area contributed by atoms with Crippen LogP contribution in [0.25, 0.3) is 21.9 Å². The predicted molar refractivity (Wildman–Crippen MR) is 127 cm³/mol. The lowest BCUT2D eigenvalue weighted by Gasteiger charge is -2.12. The summed E-state index contributed by atoms with van der Waals surface area (Å²) in [4.78, 5) is 18.2. The molecule has 0 saturated heterocycles. The molecule has 5 rings (SSSR count). The summed E-state index contributed by atoms with van der Waals surface area (Å²) in [6.07, 6.45) is -2.96. The second-order valence-corrected chi connectivity index (χ2v) is 8.68. The van der Waals surface area contributed by atoms with E-state index in [2.05, 4.69) is 4.98 Å². The van der Waals surface area contributed by atoms with Crippen LogP contribution in [0.4, 0.5) is 13.2 Å². The highest BCUT2D eigenvalue weighted by Gasteiger charge is 2.30. The second-order valence-electron chi connectivity index (χ2n) is 8.27. The summed E-state index contributed by atoms with van der Waals surface area (Å²) in [6, 6.07) is 18.1. The third-order valence-corrected chi connectivity index (χ3v) is 6.24. The number of hydrogen-bond acceptors (Lipinski definition) is 2. The maximum Gasteiger partial charge on any atom is 0.416 e. The van der Waals surface area contributed by atoms with Crippen LogP contribution in [0.2, 0.25) is 5.02 Å². The summed E-state index contributed by atoms with van der Waals surface area (Å²) in [6.45, 7) is 2.26. The van der Waals surface area contributed by atoms with Crippen molar-refractivity contribution in [2.75, 3.05) is 0 Å². The first-order valence-corrected chi connectivity index (χ1v) is 11.0. The highest BCUT2D eigenvalue weighted by molar-refractivity contribution is 6.31. The van der Waals surface area contributed by atoms with Crippen LogP contribution in [0.1, 0.15) is 22.3 Å². The van der Waals surface area contributed by atoms with Crippen LogP contribution in [-0.2, 0) is 19.3 Å². The van der Waals surface area contributed by atoms with Gasteiger partial charge in [0.2, 0.25) is 0 Å². The number of fused-ring (bicyclic) bond motifs is 3. The normalized spacial score (nSPS) is 12.0. The predicted octanol–water partition coefficient (Wildman–Crippen LogP) is 6.43.